The fraction of sp³-hybridized carbons (Fsp3) is 0.571. The van der Waals surface area contributed by atoms with Crippen molar-refractivity contribution < 1.29 is 13.5 Å². The second-order valence-electron chi connectivity index (χ2n) is 5.69. The molecule has 0 amide bonds. The van der Waals surface area contributed by atoms with E-state index in [1.54, 1.807) is 12.1 Å². The predicted molar refractivity (Wildman–Crippen MR) is 77.6 cm³/mol. The summed E-state index contributed by atoms with van der Waals surface area (Å²) in [6.45, 7) is 3.16. The molecule has 0 bridgehead atoms. The second-order valence-corrected chi connectivity index (χ2v) is 7.25. The number of hydrogen-bond acceptors (Lipinski definition) is 4. The van der Waals surface area contributed by atoms with Crippen molar-refractivity contribution in [3.63, 3.8) is 0 Å². The van der Waals surface area contributed by atoms with Gasteiger partial charge in [-0.25, -0.2) is 13.6 Å². The lowest BCUT2D eigenvalue weighted by molar-refractivity contribution is 0.243. The minimum Gasteiger partial charge on any atom is -0.396 e. The van der Waals surface area contributed by atoms with Crippen LogP contribution in [0.2, 0.25) is 0 Å². The Hall–Kier alpha value is -0.950. The summed E-state index contributed by atoms with van der Waals surface area (Å²) in [6.07, 6.45) is 3.17. The van der Waals surface area contributed by atoms with Crippen molar-refractivity contribution in [3.05, 3.63) is 29.8 Å². The molecule has 112 valence electrons. The Morgan fingerprint density at radius 2 is 1.95 bits per heavy atom. The molecule has 0 radical (unpaired) electrons. The van der Waals surface area contributed by atoms with Gasteiger partial charge in [0.2, 0.25) is 10.0 Å². The van der Waals surface area contributed by atoms with Crippen LogP contribution in [0.3, 0.4) is 0 Å². The number of primary sulfonamides is 1. The van der Waals surface area contributed by atoms with Gasteiger partial charge < -0.3 is 10.4 Å². The first-order valence-electron chi connectivity index (χ1n) is 6.83. The number of hydrogen-bond donors (Lipinski definition) is 3. The maximum atomic E-state index is 11.2. The number of aliphatic hydroxyl groups is 1. The highest BCUT2D eigenvalue weighted by Gasteiger charge is 2.41. The first kappa shape index (κ1) is 15.4. The lowest BCUT2D eigenvalue weighted by atomic mass is 10.0. The lowest BCUT2D eigenvalue weighted by Gasteiger charge is -2.20. The zero-order valence-corrected chi connectivity index (χ0v) is 12.5. The predicted octanol–water partition coefficient (Wildman–Crippen LogP) is 1.15. The quantitative estimate of drug-likeness (QED) is 0.704. The number of benzene rings is 1. The monoisotopic (exact) mass is 298 g/mol. The van der Waals surface area contributed by atoms with Gasteiger partial charge in [-0.2, -0.15) is 0 Å². The summed E-state index contributed by atoms with van der Waals surface area (Å²) in [4.78, 5) is 0.132. The van der Waals surface area contributed by atoms with Crippen LogP contribution in [-0.4, -0.2) is 26.7 Å². The van der Waals surface area contributed by atoms with Crippen LogP contribution in [-0.2, 0) is 10.0 Å². The third kappa shape index (κ3) is 3.79. The molecule has 0 aromatic heterocycles. The summed E-state index contributed by atoms with van der Waals surface area (Å²) >= 11 is 0. The molecule has 1 atom stereocenters. The smallest absolute Gasteiger partial charge is 0.238 e. The molecule has 5 nitrogen and oxygen atoms in total. The van der Waals surface area contributed by atoms with Gasteiger partial charge in [-0.15, -0.1) is 0 Å². The van der Waals surface area contributed by atoms with Gasteiger partial charge in [-0.1, -0.05) is 12.1 Å². The average Bonchev–Trinajstić information content (AvgIpc) is 3.16. The van der Waals surface area contributed by atoms with E-state index in [1.165, 1.54) is 12.1 Å². The van der Waals surface area contributed by atoms with Gasteiger partial charge in [0, 0.05) is 19.2 Å². The van der Waals surface area contributed by atoms with Crippen LogP contribution in [0.25, 0.3) is 0 Å². The molecule has 0 saturated heterocycles. The minimum atomic E-state index is -3.63. The molecule has 1 aliphatic carbocycles. The Labute approximate surface area is 120 Å². The van der Waals surface area contributed by atoms with Crippen molar-refractivity contribution in [1.29, 1.82) is 0 Å². The van der Waals surface area contributed by atoms with E-state index in [0.717, 1.165) is 31.4 Å². The molecule has 1 aromatic carbocycles. The number of sulfonamides is 1. The Balaban J connectivity index is 1.94. The van der Waals surface area contributed by atoms with Crippen LogP contribution in [0.4, 0.5) is 0 Å². The third-order valence-corrected chi connectivity index (χ3v) is 5.02. The fourth-order valence-electron chi connectivity index (χ4n) is 2.36. The van der Waals surface area contributed by atoms with Gasteiger partial charge in [-0.05, 0) is 49.3 Å². The molecule has 20 heavy (non-hydrogen) atoms. The van der Waals surface area contributed by atoms with Crippen molar-refractivity contribution in [2.45, 2.75) is 37.1 Å². The van der Waals surface area contributed by atoms with E-state index in [1.807, 2.05) is 6.92 Å². The first-order valence-corrected chi connectivity index (χ1v) is 8.38. The Kier molecular flexibility index (Phi) is 4.49. The highest BCUT2D eigenvalue weighted by Crippen LogP contribution is 2.48. The molecule has 1 fully saturated rings. The molecule has 1 aromatic rings. The van der Waals surface area contributed by atoms with Gasteiger partial charge >= 0.3 is 0 Å². The van der Waals surface area contributed by atoms with Crippen molar-refractivity contribution in [1.82, 2.24) is 5.32 Å². The summed E-state index contributed by atoms with van der Waals surface area (Å²) in [5.41, 5.74) is 1.29. The normalized spacial score (nSPS) is 18.8. The molecule has 1 unspecified atom stereocenters. The molecule has 1 aliphatic rings. The van der Waals surface area contributed by atoms with Crippen LogP contribution < -0.4 is 10.5 Å². The van der Waals surface area contributed by atoms with E-state index in [9.17, 15) is 8.42 Å². The molecule has 0 aliphatic heterocycles. The zero-order valence-electron chi connectivity index (χ0n) is 11.7. The lowest BCUT2D eigenvalue weighted by Crippen LogP contribution is -2.27. The highest BCUT2D eigenvalue weighted by atomic mass is 32.2. The molecule has 0 spiro atoms. The fourth-order valence-corrected chi connectivity index (χ4v) is 2.88. The molecule has 1 saturated carbocycles. The van der Waals surface area contributed by atoms with Gasteiger partial charge in [0.1, 0.15) is 0 Å². The minimum absolute atomic E-state index is 0.132. The molecule has 0 heterocycles. The van der Waals surface area contributed by atoms with E-state index in [0.29, 0.717) is 0 Å². The van der Waals surface area contributed by atoms with Gasteiger partial charge in [0.05, 0.1) is 4.90 Å². The van der Waals surface area contributed by atoms with Crippen LogP contribution in [0.1, 0.15) is 37.8 Å². The molecule has 2 rings (SSSR count). The largest absolute Gasteiger partial charge is 0.396 e. The summed E-state index contributed by atoms with van der Waals surface area (Å²) in [7, 11) is -3.63. The number of aliphatic hydroxyl groups excluding tert-OH is 1. The van der Waals surface area contributed by atoms with E-state index < -0.39 is 10.0 Å². The zero-order chi connectivity index (χ0) is 14.8. The average molecular weight is 298 g/mol. The summed E-state index contributed by atoms with van der Waals surface area (Å²) in [5, 5.41) is 17.6. The Bertz CT molecular complexity index is 550. The van der Waals surface area contributed by atoms with Crippen LogP contribution in [0, 0.1) is 5.41 Å². The van der Waals surface area contributed by atoms with E-state index >= 15 is 0 Å². The highest BCUT2D eigenvalue weighted by molar-refractivity contribution is 7.89. The van der Waals surface area contributed by atoms with Crippen LogP contribution in [0.15, 0.2) is 29.2 Å². The number of rotatable bonds is 7. The third-order valence-electron chi connectivity index (χ3n) is 4.09. The number of nitrogens with two attached hydrogens (primary N) is 1. The van der Waals surface area contributed by atoms with E-state index in [-0.39, 0.29) is 23.0 Å². The van der Waals surface area contributed by atoms with Gasteiger partial charge in [-0.3, -0.25) is 0 Å². The van der Waals surface area contributed by atoms with Crippen molar-refractivity contribution in [2.75, 3.05) is 13.2 Å². The number of nitrogens with one attached hydrogen (secondary N) is 1. The summed E-state index contributed by atoms with van der Waals surface area (Å²) < 4.78 is 22.4. The SMILES string of the molecule is CC(NCC1(CCO)CC1)c1ccc(S(N)(=O)=O)cc1. The topological polar surface area (TPSA) is 92.4 Å². The van der Waals surface area contributed by atoms with Crippen molar-refractivity contribution >= 4 is 10.0 Å². The summed E-state index contributed by atoms with van der Waals surface area (Å²) in [6, 6.07) is 6.76. The maximum Gasteiger partial charge on any atom is 0.238 e. The summed E-state index contributed by atoms with van der Waals surface area (Å²) in [5.74, 6) is 0. The van der Waals surface area contributed by atoms with E-state index in [4.69, 9.17) is 10.2 Å². The van der Waals surface area contributed by atoms with Gasteiger partial charge in [0.25, 0.3) is 0 Å². The molecular weight excluding hydrogens is 276 g/mol. The second kappa shape index (κ2) is 5.81. The Morgan fingerprint density at radius 3 is 2.40 bits per heavy atom. The van der Waals surface area contributed by atoms with E-state index in [2.05, 4.69) is 5.32 Å². The molecular formula is C14H22N2O3S. The Morgan fingerprint density at radius 1 is 1.35 bits per heavy atom. The first-order chi connectivity index (χ1) is 9.36. The molecule has 6 heteroatoms. The standard InChI is InChI=1S/C14H22N2O3S/c1-11(16-10-14(6-7-14)8-9-17)12-2-4-13(5-3-12)20(15,18)19/h2-5,11,16-17H,6-10H2,1H3,(H2,15,18,19). The van der Waals surface area contributed by atoms with Crippen LogP contribution in [0.5, 0.6) is 0 Å². The van der Waals surface area contributed by atoms with Crippen molar-refractivity contribution in [2.24, 2.45) is 10.6 Å². The van der Waals surface area contributed by atoms with Crippen LogP contribution >= 0.6 is 0 Å². The maximum absolute atomic E-state index is 11.2. The molecule has 4 N–H and O–H groups in total. The van der Waals surface area contributed by atoms with Crippen molar-refractivity contribution in [3.8, 4) is 0 Å². The van der Waals surface area contributed by atoms with Gasteiger partial charge in [0.15, 0.2) is 0 Å².